The highest BCUT2D eigenvalue weighted by Gasteiger charge is 2.13. The number of hydrogen-bond acceptors (Lipinski definition) is 2. The van der Waals surface area contributed by atoms with E-state index in [4.69, 9.17) is 16.3 Å². The molecule has 1 N–H and O–H groups in total. The van der Waals surface area contributed by atoms with Gasteiger partial charge in [-0.05, 0) is 55.6 Å². The summed E-state index contributed by atoms with van der Waals surface area (Å²) in [5.74, 6) is 1.62. The molecule has 0 heterocycles. The molecule has 104 valence electrons. The summed E-state index contributed by atoms with van der Waals surface area (Å²) in [7, 11) is 1.92. The van der Waals surface area contributed by atoms with E-state index in [1.54, 1.807) is 0 Å². The molecule has 0 saturated heterocycles. The monoisotopic (exact) mass is 287 g/mol. The molecule has 0 atom stereocenters. The maximum absolute atomic E-state index is 6.28. The molecular formula is C17H18ClNO. The SMILES string of the molecule is CNCc1cccc(Cl)c1Oc1ccc2c(c1)CCC2. The first-order chi connectivity index (χ1) is 9.78. The van der Waals surface area contributed by atoms with E-state index < -0.39 is 0 Å². The molecule has 0 spiro atoms. The third kappa shape index (κ3) is 2.67. The van der Waals surface area contributed by atoms with Crippen molar-refractivity contribution < 1.29 is 4.74 Å². The van der Waals surface area contributed by atoms with Gasteiger partial charge in [0.2, 0.25) is 0 Å². The summed E-state index contributed by atoms with van der Waals surface area (Å²) >= 11 is 6.28. The number of halogens is 1. The van der Waals surface area contributed by atoms with Gasteiger partial charge in [0.15, 0.2) is 0 Å². The van der Waals surface area contributed by atoms with Crippen molar-refractivity contribution in [1.82, 2.24) is 5.32 Å². The molecule has 20 heavy (non-hydrogen) atoms. The fraction of sp³-hybridized carbons (Fsp3) is 0.294. The van der Waals surface area contributed by atoms with Crippen molar-refractivity contribution in [2.24, 2.45) is 0 Å². The molecule has 0 fully saturated rings. The van der Waals surface area contributed by atoms with Crippen LogP contribution in [-0.2, 0) is 19.4 Å². The molecular weight excluding hydrogens is 270 g/mol. The molecule has 3 heteroatoms. The number of hydrogen-bond donors (Lipinski definition) is 1. The van der Waals surface area contributed by atoms with Crippen molar-refractivity contribution in [2.75, 3.05) is 7.05 Å². The fourth-order valence-electron chi connectivity index (χ4n) is 2.73. The highest BCUT2D eigenvalue weighted by molar-refractivity contribution is 6.32. The normalized spacial score (nSPS) is 13.3. The van der Waals surface area contributed by atoms with Crippen LogP contribution in [0.2, 0.25) is 5.02 Å². The summed E-state index contributed by atoms with van der Waals surface area (Å²) in [6, 6.07) is 12.2. The summed E-state index contributed by atoms with van der Waals surface area (Å²) in [6.45, 7) is 0.737. The van der Waals surface area contributed by atoms with Gasteiger partial charge in [-0.2, -0.15) is 0 Å². The quantitative estimate of drug-likeness (QED) is 0.903. The van der Waals surface area contributed by atoms with E-state index in [-0.39, 0.29) is 0 Å². The van der Waals surface area contributed by atoms with E-state index in [9.17, 15) is 0 Å². The minimum absolute atomic E-state index is 0.651. The minimum Gasteiger partial charge on any atom is -0.455 e. The van der Waals surface area contributed by atoms with Crippen LogP contribution in [-0.4, -0.2) is 7.05 Å². The zero-order chi connectivity index (χ0) is 13.9. The van der Waals surface area contributed by atoms with Crippen LogP contribution < -0.4 is 10.1 Å². The van der Waals surface area contributed by atoms with Gasteiger partial charge in [0.1, 0.15) is 11.5 Å². The Morgan fingerprint density at radius 1 is 1.15 bits per heavy atom. The van der Waals surface area contributed by atoms with Crippen molar-refractivity contribution in [3.63, 3.8) is 0 Å². The Labute approximate surface area is 124 Å². The number of aryl methyl sites for hydroxylation is 2. The molecule has 0 unspecified atom stereocenters. The van der Waals surface area contributed by atoms with Gasteiger partial charge in [0.25, 0.3) is 0 Å². The molecule has 1 aliphatic rings. The molecule has 1 aliphatic carbocycles. The Balaban J connectivity index is 1.91. The summed E-state index contributed by atoms with van der Waals surface area (Å²) in [5, 5.41) is 3.79. The van der Waals surface area contributed by atoms with E-state index in [1.807, 2.05) is 31.3 Å². The lowest BCUT2D eigenvalue weighted by atomic mass is 10.1. The predicted octanol–water partition coefficient (Wildman–Crippen LogP) is 4.34. The first kappa shape index (κ1) is 13.5. The van der Waals surface area contributed by atoms with Gasteiger partial charge >= 0.3 is 0 Å². The Morgan fingerprint density at radius 2 is 2.00 bits per heavy atom. The summed E-state index contributed by atoms with van der Waals surface area (Å²) in [6.07, 6.45) is 3.58. The number of para-hydroxylation sites is 1. The standard InChI is InChI=1S/C17H18ClNO/c1-19-11-14-6-3-7-16(18)17(14)20-15-9-8-12-4-2-5-13(12)10-15/h3,6-10,19H,2,4-5,11H2,1H3. The highest BCUT2D eigenvalue weighted by atomic mass is 35.5. The molecule has 2 nitrogen and oxygen atoms in total. The number of rotatable bonds is 4. The first-order valence-electron chi connectivity index (χ1n) is 6.99. The van der Waals surface area contributed by atoms with Crippen LogP contribution in [0.25, 0.3) is 0 Å². The summed E-state index contributed by atoms with van der Waals surface area (Å²) in [4.78, 5) is 0. The molecule has 3 rings (SSSR count). The predicted molar refractivity (Wildman–Crippen MR) is 82.8 cm³/mol. The molecule has 2 aromatic rings. The number of ether oxygens (including phenoxy) is 1. The van der Waals surface area contributed by atoms with Crippen LogP contribution in [0, 0.1) is 0 Å². The molecule has 0 saturated carbocycles. The van der Waals surface area contributed by atoms with Crippen LogP contribution in [0.15, 0.2) is 36.4 Å². The molecule has 0 bridgehead atoms. The second-order valence-corrected chi connectivity index (χ2v) is 5.55. The number of fused-ring (bicyclic) bond motifs is 1. The van der Waals surface area contributed by atoms with Gasteiger partial charge in [-0.25, -0.2) is 0 Å². The van der Waals surface area contributed by atoms with Gasteiger partial charge in [-0.15, -0.1) is 0 Å². The van der Waals surface area contributed by atoms with Crippen LogP contribution >= 0.6 is 11.6 Å². The smallest absolute Gasteiger partial charge is 0.150 e. The Hall–Kier alpha value is -1.51. The van der Waals surface area contributed by atoms with Crippen molar-refractivity contribution >= 4 is 11.6 Å². The average molecular weight is 288 g/mol. The van der Waals surface area contributed by atoms with Gasteiger partial charge in [0, 0.05) is 12.1 Å². The van der Waals surface area contributed by atoms with Crippen LogP contribution in [0.5, 0.6) is 11.5 Å². The van der Waals surface area contributed by atoms with E-state index >= 15 is 0 Å². The molecule has 0 aromatic heterocycles. The van der Waals surface area contributed by atoms with Crippen LogP contribution in [0.4, 0.5) is 0 Å². The Bertz CT molecular complexity index is 624. The first-order valence-corrected chi connectivity index (χ1v) is 7.37. The van der Waals surface area contributed by atoms with Gasteiger partial charge in [-0.3, -0.25) is 0 Å². The maximum Gasteiger partial charge on any atom is 0.150 e. The third-order valence-corrected chi connectivity index (χ3v) is 4.00. The second-order valence-electron chi connectivity index (χ2n) is 5.14. The average Bonchev–Trinajstić information content (AvgIpc) is 2.90. The van der Waals surface area contributed by atoms with Gasteiger partial charge in [-0.1, -0.05) is 29.8 Å². The number of nitrogens with one attached hydrogen (secondary N) is 1. The Morgan fingerprint density at radius 3 is 2.85 bits per heavy atom. The topological polar surface area (TPSA) is 21.3 Å². The lowest BCUT2D eigenvalue weighted by Crippen LogP contribution is -2.06. The molecule has 0 radical (unpaired) electrons. The summed E-state index contributed by atoms with van der Waals surface area (Å²) in [5.41, 5.74) is 3.93. The van der Waals surface area contributed by atoms with Crippen molar-refractivity contribution in [3.8, 4) is 11.5 Å². The lowest BCUT2D eigenvalue weighted by molar-refractivity contribution is 0.474. The minimum atomic E-state index is 0.651. The van der Waals surface area contributed by atoms with Crippen molar-refractivity contribution in [3.05, 3.63) is 58.1 Å². The molecule has 2 aromatic carbocycles. The second kappa shape index (κ2) is 5.86. The largest absolute Gasteiger partial charge is 0.455 e. The van der Waals surface area contributed by atoms with E-state index in [0.29, 0.717) is 5.02 Å². The maximum atomic E-state index is 6.28. The zero-order valence-corrected chi connectivity index (χ0v) is 12.3. The van der Waals surface area contributed by atoms with E-state index in [1.165, 1.54) is 24.0 Å². The Kier molecular flexibility index (Phi) is 3.95. The van der Waals surface area contributed by atoms with Crippen LogP contribution in [0.3, 0.4) is 0 Å². The highest BCUT2D eigenvalue weighted by Crippen LogP contribution is 2.34. The summed E-state index contributed by atoms with van der Waals surface area (Å²) < 4.78 is 6.05. The third-order valence-electron chi connectivity index (χ3n) is 3.71. The molecule has 0 aliphatic heterocycles. The number of benzene rings is 2. The fourth-order valence-corrected chi connectivity index (χ4v) is 2.96. The lowest BCUT2D eigenvalue weighted by Gasteiger charge is -2.13. The molecule has 0 amide bonds. The van der Waals surface area contributed by atoms with Crippen LogP contribution in [0.1, 0.15) is 23.1 Å². The van der Waals surface area contributed by atoms with E-state index in [2.05, 4.69) is 17.4 Å². The van der Waals surface area contributed by atoms with Gasteiger partial charge < -0.3 is 10.1 Å². The van der Waals surface area contributed by atoms with Gasteiger partial charge in [0.05, 0.1) is 5.02 Å². The van der Waals surface area contributed by atoms with Crippen molar-refractivity contribution in [2.45, 2.75) is 25.8 Å². The zero-order valence-electron chi connectivity index (χ0n) is 11.6. The van der Waals surface area contributed by atoms with E-state index in [0.717, 1.165) is 30.0 Å². The van der Waals surface area contributed by atoms with Crippen molar-refractivity contribution in [1.29, 1.82) is 0 Å².